The molecular formula is C16H20INO4. The van der Waals surface area contributed by atoms with Gasteiger partial charge in [-0.05, 0) is 25.5 Å². The zero-order chi connectivity index (χ0) is 16.2. The number of amides is 1. The average Bonchev–Trinajstić information content (AvgIpc) is 3.00. The largest absolute Gasteiger partial charge is 0.496 e. The summed E-state index contributed by atoms with van der Waals surface area (Å²) in [6, 6.07) is 7.14. The van der Waals surface area contributed by atoms with E-state index in [1.54, 1.807) is 31.1 Å². The number of ether oxygens (including phenoxy) is 2. The predicted octanol–water partition coefficient (Wildman–Crippen LogP) is 2.53. The van der Waals surface area contributed by atoms with E-state index in [-0.39, 0.29) is 11.9 Å². The van der Waals surface area contributed by atoms with Crippen molar-refractivity contribution in [1.29, 1.82) is 0 Å². The second kappa shape index (κ2) is 7.30. The van der Waals surface area contributed by atoms with Crippen LogP contribution in [0.2, 0.25) is 0 Å². The normalized spacial score (nSPS) is 20.8. The van der Waals surface area contributed by atoms with Gasteiger partial charge in [-0.1, -0.05) is 34.7 Å². The summed E-state index contributed by atoms with van der Waals surface area (Å²) in [7, 11) is 1.55. The SMILES string of the molecule is CCOC(=O)C1(CI)CCN(C(=O)c2ccccc2OC)C1. The molecule has 0 spiro atoms. The number of nitrogens with zero attached hydrogens (tertiary/aromatic N) is 1. The topological polar surface area (TPSA) is 55.8 Å². The second-order valence-electron chi connectivity index (χ2n) is 5.31. The molecule has 6 heteroatoms. The van der Waals surface area contributed by atoms with E-state index in [0.29, 0.717) is 41.9 Å². The average molecular weight is 417 g/mol. The van der Waals surface area contributed by atoms with E-state index in [2.05, 4.69) is 22.6 Å². The van der Waals surface area contributed by atoms with Gasteiger partial charge in [-0.25, -0.2) is 0 Å². The van der Waals surface area contributed by atoms with Crippen molar-refractivity contribution >= 4 is 34.5 Å². The third-order valence-corrected chi connectivity index (χ3v) is 5.40. The van der Waals surface area contributed by atoms with E-state index in [0.717, 1.165) is 0 Å². The highest BCUT2D eigenvalue weighted by atomic mass is 127. The summed E-state index contributed by atoms with van der Waals surface area (Å²) < 4.78 is 11.1. The van der Waals surface area contributed by atoms with E-state index in [9.17, 15) is 9.59 Å². The van der Waals surface area contributed by atoms with Gasteiger partial charge in [0.05, 0.1) is 24.7 Å². The fraction of sp³-hybridized carbons (Fsp3) is 0.500. The zero-order valence-corrected chi connectivity index (χ0v) is 15.0. The number of hydrogen-bond donors (Lipinski definition) is 0. The Morgan fingerprint density at radius 3 is 2.73 bits per heavy atom. The Morgan fingerprint density at radius 2 is 2.09 bits per heavy atom. The molecule has 1 atom stereocenters. The van der Waals surface area contributed by atoms with Crippen LogP contribution in [0.15, 0.2) is 24.3 Å². The van der Waals surface area contributed by atoms with Crippen LogP contribution in [0.1, 0.15) is 23.7 Å². The van der Waals surface area contributed by atoms with E-state index in [1.807, 2.05) is 12.1 Å². The Kier molecular flexibility index (Phi) is 5.66. The monoisotopic (exact) mass is 417 g/mol. The Hall–Kier alpha value is -1.31. The molecule has 1 aliphatic rings. The summed E-state index contributed by atoms with van der Waals surface area (Å²) in [4.78, 5) is 26.7. The molecule has 0 aliphatic carbocycles. The molecule has 1 saturated heterocycles. The number of hydrogen-bond acceptors (Lipinski definition) is 4. The van der Waals surface area contributed by atoms with E-state index < -0.39 is 5.41 Å². The van der Waals surface area contributed by atoms with Gasteiger partial charge < -0.3 is 14.4 Å². The molecule has 1 fully saturated rings. The molecular weight excluding hydrogens is 397 g/mol. The molecule has 0 bridgehead atoms. The molecule has 1 unspecified atom stereocenters. The summed E-state index contributed by atoms with van der Waals surface area (Å²) in [6.07, 6.45) is 0.635. The highest BCUT2D eigenvalue weighted by Crippen LogP contribution is 2.35. The van der Waals surface area contributed by atoms with Gasteiger partial charge in [0, 0.05) is 17.5 Å². The second-order valence-corrected chi connectivity index (χ2v) is 6.07. The predicted molar refractivity (Wildman–Crippen MR) is 91.5 cm³/mol. The fourth-order valence-electron chi connectivity index (χ4n) is 2.65. The first-order valence-electron chi connectivity index (χ1n) is 7.23. The molecule has 2 rings (SSSR count). The lowest BCUT2D eigenvalue weighted by Gasteiger charge is -2.25. The molecule has 1 aliphatic heterocycles. The summed E-state index contributed by atoms with van der Waals surface area (Å²) in [6.45, 7) is 3.10. The van der Waals surface area contributed by atoms with E-state index in [4.69, 9.17) is 9.47 Å². The zero-order valence-electron chi connectivity index (χ0n) is 12.8. The van der Waals surface area contributed by atoms with Crippen molar-refractivity contribution in [2.45, 2.75) is 13.3 Å². The maximum absolute atomic E-state index is 12.7. The Bertz CT molecular complexity index is 563. The molecule has 1 amide bonds. The molecule has 0 radical (unpaired) electrons. The molecule has 120 valence electrons. The highest BCUT2D eigenvalue weighted by Gasteiger charge is 2.46. The molecule has 1 aromatic carbocycles. The molecule has 0 saturated carbocycles. The summed E-state index contributed by atoms with van der Waals surface area (Å²) in [5.41, 5.74) is -0.0630. The van der Waals surface area contributed by atoms with Gasteiger partial charge in [0.1, 0.15) is 5.75 Å². The van der Waals surface area contributed by atoms with Crippen molar-refractivity contribution in [3.8, 4) is 5.75 Å². The van der Waals surface area contributed by atoms with E-state index in [1.165, 1.54) is 0 Å². The van der Waals surface area contributed by atoms with Gasteiger partial charge in [0.2, 0.25) is 0 Å². The highest BCUT2D eigenvalue weighted by molar-refractivity contribution is 14.1. The quantitative estimate of drug-likeness (QED) is 0.420. The van der Waals surface area contributed by atoms with Gasteiger partial charge >= 0.3 is 5.97 Å². The van der Waals surface area contributed by atoms with Crippen molar-refractivity contribution < 1.29 is 19.1 Å². The van der Waals surface area contributed by atoms with Crippen LogP contribution in [-0.4, -0.2) is 48.0 Å². The molecule has 0 aromatic heterocycles. The number of alkyl halides is 1. The first-order valence-corrected chi connectivity index (χ1v) is 8.76. The number of para-hydroxylation sites is 1. The molecule has 1 heterocycles. The van der Waals surface area contributed by atoms with Gasteiger partial charge in [0.25, 0.3) is 5.91 Å². The minimum atomic E-state index is -0.589. The van der Waals surface area contributed by atoms with Crippen molar-refractivity contribution in [3.63, 3.8) is 0 Å². The lowest BCUT2D eigenvalue weighted by atomic mass is 9.90. The molecule has 0 N–H and O–H groups in total. The van der Waals surface area contributed by atoms with Crippen LogP contribution in [0.25, 0.3) is 0 Å². The van der Waals surface area contributed by atoms with Crippen molar-refractivity contribution in [2.24, 2.45) is 5.41 Å². The molecule has 1 aromatic rings. The minimum absolute atomic E-state index is 0.103. The number of halogens is 1. The Balaban J connectivity index is 2.18. The van der Waals surface area contributed by atoms with Crippen molar-refractivity contribution in [2.75, 3.05) is 31.2 Å². The van der Waals surface area contributed by atoms with Crippen molar-refractivity contribution in [3.05, 3.63) is 29.8 Å². The van der Waals surface area contributed by atoms with Crippen LogP contribution in [0.4, 0.5) is 0 Å². The van der Waals surface area contributed by atoms with Crippen LogP contribution >= 0.6 is 22.6 Å². The lowest BCUT2D eigenvalue weighted by Crippen LogP contribution is -2.39. The van der Waals surface area contributed by atoms with Crippen LogP contribution in [0.5, 0.6) is 5.75 Å². The summed E-state index contributed by atoms with van der Waals surface area (Å²) >= 11 is 2.20. The van der Waals surface area contributed by atoms with E-state index >= 15 is 0 Å². The number of methoxy groups -OCH3 is 1. The van der Waals surface area contributed by atoms with Gasteiger partial charge in [0.15, 0.2) is 0 Å². The number of likely N-dealkylation sites (tertiary alicyclic amines) is 1. The smallest absolute Gasteiger partial charge is 0.314 e. The third-order valence-electron chi connectivity index (χ3n) is 3.94. The number of carbonyl (C=O) groups is 2. The first-order chi connectivity index (χ1) is 10.6. The van der Waals surface area contributed by atoms with Gasteiger partial charge in [-0.15, -0.1) is 0 Å². The summed E-state index contributed by atoms with van der Waals surface area (Å²) in [5.74, 6) is 0.240. The van der Waals surface area contributed by atoms with Gasteiger partial charge in [-0.2, -0.15) is 0 Å². The van der Waals surface area contributed by atoms with Crippen LogP contribution < -0.4 is 4.74 Å². The lowest BCUT2D eigenvalue weighted by molar-refractivity contribution is -0.153. The molecule has 22 heavy (non-hydrogen) atoms. The maximum atomic E-state index is 12.7. The molecule has 5 nitrogen and oxygen atoms in total. The standard InChI is InChI=1S/C16H20INO4/c1-3-22-15(20)16(10-17)8-9-18(11-16)14(19)12-6-4-5-7-13(12)21-2/h4-7H,3,8-11H2,1-2H3. The maximum Gasteiger partial charge on any atom is 0.314 e. The van der Waals surface area contributed by atoms with Crippen LogP contribution in [0.3, 0.4) is 0 Å². The minimum Gasteiger partial charge on any atom is -0.496 e. The van der Waals surface area contributed by atoms with Gasteiger partial charge in [-0.3, -0.25) is 9.59 Å². The Morgan fingerprint density at radius 1 is 1.36 bits per heavy atom. The summed E-state index contributed by atoms with van der Waals surface area (Å²) in [5, 5.41) is 0. The Labute approximate surface area is 144 Å². The first kappa shape index (κ1) is 17.1. The fourth-order valence-corrected chi connectivity index (χ4v) is 3.59. The number of esters is 1. The third kappa shape index (κ3) is 3.21. The number of rotatable bonds is 5. The van der Waals surface area contributed by atoms with Crippen molar-refractivity contribution in [1.82, 2.24) is 4.90 Å². The van der Waals surface area contributed by atoms with Crippen LogP contribution in [-0.2, 0) is 9.53 Å². The number of benzene rings is 1. The van der Waals surface area contributed by atoms with Crippen LogP contribution in [0, 0.1) is 5.41 Å². The number of carbonyl (C=O) groups excluding carboxylic acids is 2.